The molecule has 0 aliphatic rings. The summed E-state index contributed by atoms with van der Waals surface area (Å²) in [5.41, 5.74) is 0. The van der Waals surface area contributed by atoms with Crippen LogP contribution in [-0.4, -0.2) is 93.4 Å². The van der Waals surface area contributed by atoms with E-state index in [0.717, 1.165) is 9.80 Å². The van der Waals surface area contributed by atoms with Gasteiger partial charge in [-0.05, 0) is 0 Å². The first-order chi connectivity index (χ1) is 9.20. The van der Waals surface area contributed by atoms with Crippen molar-refractivity contribution in [2.45, 2.75) is 0 Å². The van der Waals surface area contributed by atoms with Crippen molar-refractivity contribution in [2.24, 2.45) is 0 Å². The zero-order valence-corrected chi connectivity index (χ0v) is 12.6. The van der Waals surface area contributed by atoms with Crippen molar-refractivity contribution in [3.05, 3.63) is 0 Å². The largest absolute Gasteiger partial charge is 0.480 e. The minimum atomic E-state index is -1.23. The van der Waals surface area contributed by atoms with Gasteiger partial charge < -0.3 is 20.4 Å². The van der Waals surface area contributed by atoms with Crippen LogP contribution in [0.1, 0.15) is 0 Å². The van der Waals surface area contributed by atoms with Gasteiger partial charge in [0.1, 0.15) is 0 Å². The molecule has 10 nitrogen and oxygen atoms in total. The number of nitrogens with zero attached hydrogens (tertiary/aromatic N) is 2. The summed E-state index contributed by atoms with van der Waals surface area (Å²) in [5.74, 6) is -4.91. The molecule has 11 heteroatoms. The molecule has 118 valence electrons. The molecule has 0 rings (SSSR count). The number of aliphatic carboxylic acids is 4. The molecule has 4 N–H and O–H groups in total. The van der Waals surface area contributed by atoms with E-state index >= 15 is 0 Å². The number of hydrogen-bond donors (Lipinski definition) is 4. The predicted octanol–water partition coefficient (Wildman–Crippen LogP) is -2.07. The van der Waals surface area contributed by atoms with Gasteiger partial charge in [0.15, 0.2) is 0 Å². The second-order valence-corrected chi connectivity index (χ2v) is 4.00. The van der Waals surface area contributed by atoms with E-state index in [0.29, 0.717) is 0 Å². The maximum Gasteiger partial charge on any atom is 0.317 e. The monoisotopic (exact) mass is 340 g/mol. The van der Waals surface area contributed by atoms with Gasteiger partial charge in [0.25, 0.3) is 0 Å². The Morgan fingerprint density at radius 3 is 0.905 bits per heavy atom. The molecule has 0 radical (unpaired) electrons. The summed E-state index contributed by atoms with van der Waals surface area (Å²) < 4.78 is 0. The molecule has 0 unspecified atom stereocenters. The first-order valence-electron chi connectivity index (χ1n) is 5.52. The SMILES string of the molecule is O=C(O)CN(CCN(CC(=O)O)CC(=O)O)CC(=O)O.[Ti]. The van der Waals surface area contributed by atoms with Crippen LogP contribution in [-0.2, 0) is 40.9 Å². The van der Waals surface area contributed by atoms with E-state index < -0.39 is 50.1 Å². The summed E-state index contributed by atoms with van der Waals surface area (Å²) in [6.45, 7) is -2.25. The molecule has 0 aliphatic carbocycles. The van der Waals surface area contributed by atoms with Crippen LogP contribution in [0.5, 0.6) is 0 Å². The molecule has 0 saturated carbocycles. The first-order valence-corrected chi connectivity index (χ1v) is 5.52. The number of carboxylic acid groups (broad SMARTS) is 4. The Labute approximate surface area is 134 Å². The van der Waals surface area contributed by atoms with E-state index in [9.17, 15) is 19.2 Å². The van der Waals surface area contributed by atoms with Crippen molar-refractivity contribution >= 4 is 23.9 Å². The zero-order valence-electron chi connectivity index (χ0n) is 11.1. The summed E-state index contributed by atoms with van der Waals surface area (Å²) in [7, 11) is 0. The third kappa shape index (κ3) is 13.3. The maximum atomic E-state index is 10.6. The van der Waals surface area contributed by atoms with Crippen molar-refractivity contribution < 1.29 is 61.3 Å². The van der Waals surface area contributed by atoms with E-state index in [-0.39, 0.29) is 34.8 Å². The average molecular weight is 340 g/mol. The van der Waals surface area contributed by atoms with Gasteiger partial charge >= 0.3 is 23.9 Å². The Morgan fingerprint density at radius 2 is 0.762 bits per heavy atom. The van der Waals surface area contributed by atoms with Crippen molar-refractivity contribution in [1.82, 2.24) is 9.80 Å². The quantitative estimate of drug-likeness (QED) is 0.308. The molecule has 0 aromatic heterocycles. The second kappa shape index (κ2) is 11.2. The summed E-state index contributed by atoms with van der Waals surface area (Å²) >= 11 is 0. The van der Waals surface area contributed by atoms with Crippen LogP contribution in [0, 0.1) is 0 Å². The Balaban J connectivity index is 0. The van der Waals surface area contributed by atoms with Crippen molar-refractivity contribution in [1.29, 1.82) is 0 Å². The molecule has 21 heavy (non-hydrogen) atoms. The average Bonchev–Trinajstić information content (AvgIpc) is 2.22. The standard InChI is InChI=1S/C10H16N2O8.Ti/c13-7(14)3-11(4-8(15)16)1-2-12(5-9(17)18)6-10(19)20;/h1-6H2,(H,13,14)(H,15,16)(H,17,18)(H,19,20);. The molecule has 0 heterocycles. The maximum absolute atomic E-state index is 10.6. The number of carbonyl (C=O) groups is 4. The Bertz CT molecular complexity index is 321. The van der Waals surface area contributed by atoms with Crippen LogP contribution in [0.2, 0.25) is 0 Å². The van der Waals surface area contributed by atoms with Crippen LogP contribution < -0.4 is 0 Å². The van der Waals surface area contributed by atoms with Gasteiger partial charge in [-0.3, -0.25) is 29.0 Å². The fourth-order valence-corrected chi connectivity index (χ4v) is 1.48. The van der Waals surface area contributed by atoms with Crippen LogP contribution in [0.25, 0.3) is 0 Å². The molecule has 0 fully saturated rings. The van der Waals surface area contributed by atoms with Crippen molar-refractivity contribution in [2.75, 3.05) is 39.3 Å². The fraction of sp³-hybridized carbons (Fsp3) is 0.600. The van der Waals surface area contributed by atoms with Gasteiger partial charge in [0.2, 0.25) is 0 Å². The minimum Gasteiger partial charge on any atom is -0.480 e. The molecule has 0 atom stereocenters. The number of carboxylic acids is 4. The smallest absolute Gasteiger partial charge is 0.317 e. The Kier molecular flexibility index (Phi) is 11.6. The third-order valence-electron chi connectivity index (χ3n) is 2.17. The summed E-state index contributed by atoms with van der Waals surface area (Å²) in [6, 6.07) is 0. The van der Waals surface area contributed by atoms with E-state index in [2.05, 4.69) is 0 Å². The van der Waals surface area contributed by atoms with Gasteiger partial charge in [-0.25, -0.2) is 0 Å². The molecule has 0 aromatic rings. The van der Waals surface area contributed by atoms with Gasteiger partial charge in [-0.15, -0.1) is 0 Å². The third-order valence-corrected chi connectivity index (χ3v) is 2.17. The minimum absolute atomic E-state index is 0. The molecule has 0 spiro atoms. The molecule has 0 amide bonds. The van der Waals surface area contributed by atoms with Crippen LogP contribution >= 0.6 is 0 Å². The zero-order chi connectivity index (χ0) is 15.7. The van der Waals surface area contributed by atoms with Crippen LogP contribution in [0.15, 0.2) is 0 Å². The van der Waals surface area contributed by atoms with E-state index in [1.165, 1.54) is 0 Å². The Hall–Kier alpha value is -1.49. The molecule has 0 aliphatic heterocycles. The van der Waals surface area contributed by atoms with E-state index in [1.54, 1.807) is 0 Å². The van der Waals surface area contributed by atoms with Gasteiger partial charge in [-0.1, -0.05) is 0 Å². The van der Waals surface area contributed by atoms with Crippen LogP contribution in [0.3, 0.4) is 0 Å². The normalized spacial score (nSPS) is 10.2. The summed E-state index contributed by atoms with van der Waals surface area (Å²) in [4.78, 5) is 44.4. The summed E-state index contributed by atoms with van der Waals surface area (Å²) in [5, 5.41) is 34.5. The molecular formula is C10H16N2O8Ti. The number of rotatable bonds is 11. The fourth-order valence-electron chi connectivity index (χ4n) is 1.48. The first kappa shape index (κ1) is 21.8. The van der Waals surface area contributed by atoms with Crippen molar-refractivity contribution in [3.8, 4) is 0 Å². The predicted molar refractivity (Wildman–Crippen MR) is 63.4 cm³/mol. The van der Waals surface area contributed by atoms with E-state index in [1.807, 2.05) is 0 Å². The van der Waals surface area contributed by atoms with E-state index in [4.69, 9.17) is 20.4 Å². The number of hydrogen-bond acceptors (Lipinski definition) is 6. The topological polar surface area (TPSA) is 156 Å². The molecule has 0 saturated heterocycles. The summed E-state index contributed by atoms with van der Waals surface area (Å²) in [6.07, 6.45) is 0. The van der Waals surface area contributed by atoms with Gasteiger partial charge in [0.05, 0.1) is 26.2 Å². The van der Waals surface area contributed by atoms with Crippen LogP contribution in [0.4, 0.5) is 0 Å². The molecule has 0 bridgehead atoms. The molecular weight excluding hydrogens is 324 g/mol. The van der Waals surface area contributed by atoms with Gasteiger partial charge in [0, 0.05) is 34.8 Å². The van der Waals surface area contributed by atoms with Gasteiger partial charge in [-0.2, -0.15) is 0 Å². The second-order valence-electron chi connectivity index (χ2n) is 4.00. The van der Waals surface area contributed by atoms with Crippen molar-refractivity contribution in [3.63, 3.8) is 0 Å². The Morgan fingerprint density at radius 1 is 0.571 bits per heavy atom. The molecule has 0 aromatic carbocycles.